The number of carbonyl (C=O) groups excluding carboxylic acids is 2. The Bertz CT molecular complexity index is 1510. The molecule has 0 saturated carbocycles. The lowest BCUT2D eigenvalue weighted by Gasteiger charge is -2.23. The number of anilines is 1. The van der Waals surface area contributed by atoms with Crippen LogP contribution in [0.5, 0.6) is 11.5 Å². The Balaban J connectivity index is 1.69. The molecule has 1 aromatic heterocycles. The molecular formula is C27H21FN2O5S. The van der Waals surface area contributed by atoms with E-state index in [4.69, 9.17) is 9.47 Å². The van der Waals surface area contributed by atoms with Crippen molar-refractivity contribution in [2.24, 2.45) is 0 Å². The number of amides is 1. The second-order valence-electron chi connectivity index (χ2n) is 7.98. The molecule has 4 aromatic rings. The lowest BCUT2D eigenvalue weighted by Crippen LogP contribution is -2.29. The molecule has 3 aromatic carbocycles. The summed E-state index contributed by atoms with van der Waals surface area (Å²) < 4.78 is 26.5. The monoisotopic (exact) mass is 504 g/mol. The summed E-state index contributed by atoms with van der Waals surface area (Å²) in [7, 11) is 1.51. The van der Waals surface area contributed by atoms with E-state index in [0.29, 0.717) is 29.2 Å². The molecule has 1 atom stereocenters. The number of hydrogen-bond donors (Lipinski definition) is 1. The molecule has 1 saturated heterocycles. The highest BCUT2D eigenvalue weighted by Crippen LogP contribution is 2.45. The first-order chi connectivity index (χ1) is 17.4. The molecule has 0 spiro atoms. The van der Waals surface area contributed by atoms with E-state index in [1.807, 2.05) is 6.92 Å². The van der Waals surface area contributed by atoms with E-state index in [1.54, 1.807) is 48.5 Å². The Morgan fingerprint density at radius 1 is 1.08 bits per heavy atom. The SMILES string of the molecule is CCOc1ccc2nc(N3C(=O)C(=O)C(=C(O)c4ccc(OC)cc4)[C@H]3c3ccccc3F)sc2c1. The Labute approximate surface area is 210 Å². The van der Waals surface area contributed by atoms with Gasteiger partial charge in [0, 0.05) is 11.1 Å². The van der Waals surface area contributed by atoms with Gasteiger partial charge in [-0.3, -0.25) is 14.5 Å². The van der Waals surface area contributed by atoms with Crippen LogP contribution in [0, 0.1) is 5.82 Å². The Morgan fingerprint density at radius 2 is 1.81 bits per heavy atom. The third kappa shape index (κ3) is 3.97. The first-order valence-electron chi connectivity index (χ1n) is 11.2. The highest BCUT2D eigenvalue weighted by molar-refractivity contribution is 7.22. The highest BCUT2D eigenvalue weighted by atomic mass is 32.1. The molecule has 1 aliphatic rings. The molecule has 0 radical (unpaired) electrons. The average molecular weight is 505 g/mol. The number of methoxy groups -OCH3 is 1. The number of nitrogens with zero attached hydrogens (tertiary/aromatic N) is 2. The fourth-order valence-electron chi connectivity index (χ4n) is 4.18. The molecule has 1 amide bonds. The molecular weight excluding hydrogens is 483 g/mol. The number of benzene rings is 3. The number of aliphatic hydroxyl groups is 1. The molecule has 7 nitrogen and oxygen atoms in total. The minimum absolute atomic E-state index is 0.0704. The molecule has 9 heteroatoms. The summed E-state index contributed by atoms with van der Waals surface area (Å²) in [5, 5.41) is 11.4. The van der Waals surface area contributed by atoms with E-state index in [-0.39, 0.29) is 16.3 Å². The van der Waals surface area contributed by atoms with Crippen molar-refractivity contribution in [3.05, 3.63) is 89.2 Å². The molecule has 5 rings (SSSR count). The number of Topliss-reactive ketones (excluding diaryl/α,β-unsaturated/α-hetero) is 1. The van der Waals surface area contributed by atoms with Gasteiger partial charge in [-0.25, -0.2) is 9.37 Å². The molecule has 0 unspecified atom stereocenters. The van der Waals surface area contributed by atoms with Crippen molar-refractivity contribution < 1.29 is 28.6 Å². The zero-order chi connectivity index (χ0) is 25.4. The highest BCUT2D eigenvalue weighted by Gasteiger charge is 2.49. The summed E-state index contributed by atoms with van der Waals surface area (Å²) >= 11 is 1.18. The van der Waals surface area contributed by atoms with Crippen molar-refractivity contribution in [3.63, 3.8) is 0 Å². The Kier molecular flexibility index (Phi) is 6.15. The summed E-state index contributed by atoms with van der Waals surface area (Å²) in [6, 6.07) is 16.3. The standard InChI is InChI=1S/C27H21FN2O5S/c1-3-35-17-12-13-20-21(14-17)36-27(29-20)30-23(18-6-4-5-7-19(18)28)22(25(32)26(30)33)24(31)15-8-10-16(34-2)11-9-15/h4-14,23,31H,3H2,1-2H3/t23-/m1/s1. The van der Waals surface area contributed by atoms with Crippen LogP contribution in [0.2, 0.25) is 0 Å². The van der Waals surface area contributed by atoms with E-state index in [1.165, 1.54) is 36.6 Å². The third-order valence-electron chi connectivity index (χ3n) is 5.87. The number of aliphatic hydroxyl groups excluding tert-OH is 1. The maximum Gasteiger partial charge on any atom is 0.301 e. The Hall–Kier alpha value is -4.24. The van der Waals surface area contributed by atoms with Crippen LogP contribution in [-0.2, 0) is 9.59 Å². The fraction of sp³-hybridized carbons (Fsp3) is 0.148. The van der Waals surface area contributed by atoms with Crippen molar-refractivity contribution in [3.8, 4) is 11.5 Å². The van der Waals surface area contributed by atoms with Crippen LogP contribution < -0.4 is 14.4 Å². The number of fused-ring (bicyclic) bond motifs is 1. The first-order valence-corrected chi connectivity index (χ1v) is 12.0. The van der Waals surface area contributed by atoms with Gasteiger partial charge in [0.15, 0.2) is 5.13 Å². The zero-order valence-corrected chi connectivity index (χ0v) is 20.2. The van der Waals surface area contributed by atoms with Gasteiger partial charge in [0.05, 0.1) is 29.5 Å². The van der Waals surface area contributed by atoms with Gasteiger partial charge < -0.3 is 14.6 Å². The Morgan fingerprint density at radius 3 is 2.50 bits per heavy atom. The summed E-state index contributed by atoms with van der Waals surface area (Å²) in [5.41, 5.74) is 0.745. The van der Waals surface area contributed by atoms with Crippen molar-refractivity contribution in [1.29, 1.82) is 0 Å². The predicted octanol–water partition coefficient (Wildman–Crippen LogP) is 5.47. The van der Waals surface area contributed by atoms with E-state index in [0.717, 1.165) is 9.60 Å². The topological polar surface area (TPSA) is 89.0 Å². The number of ether oxygens (including phenoxy) is 2. The van der Waals surface area contributed by atoms with E-state index in [9.17, 15) is 14.7 Å². The lowest BCUT2D eigenvalue weighted by atomic mass is 9.95. The van der Waals surface area contributed by atoms with Gasteiger partial charge in [0.25, 0.3) is 5.78 Å². The van der Waals surface area contributed by atoms with Crippen LogP contribution in [0.4, 0.5) is 9.52 Å². The summed E-state index contributed by atoms with van der Waals surface area (Å²) in [6.07, 6.45) is 0. The summed E-state index contributed by atoms with van der Waals surface area (Å²) in [4.78, 5) is 32.3. The van der Waals surface area contributed by atoms with Crippen molar-refractivity contribution >= 4 is 44.1 Å². The second-order valence-corrected chi connectivity index (χ2v) is 8.99. The second kappa shape index (κ2) is 9.43. The minimum atomic E-state index is -1.21. The zero-order valence-electron chi connectivity index (χ0n) is 19.4. The maximum absolute atomic E-state index is 15.1. The van der Waals surface area contributed by atoms with E-state index in [2.05, 4.69) is 4.98 Å². The average Bonchev–Trinajstić information content (AvgIpc) is 3.42. The van der Waals surface area contributed by atoms with E-state index < -0.39 is 29.3 Å². The lowest BCUT2D eigenvalue weighted by molar-refractivity contribution is -0.132. The largest absolute Gasteiger partial charge is 0.507 e. The molecule has 36 heavy (non-hydrogen) atoms. The number of halogens is 1. The smallest absolute Gasteiger partial charge is 0.301 e. The van der Waals surface area contributed by atoms with Gasteiger partial charge in [-0.2, -0.15) is 0 Å². The van der Waals surface area contributed by atoms with Gasteiger partial charge in [-0.15, -0.1) is 0 Å². The summed E-state index contributed by atoms with van der Waals surface area (Å²) in [5.74, 6) is -1.65. The fourth-order valence-corrected chi connectivity index (χ4v) is 5.20. The number of aromatic nitrogens is 1. The molecule has 1 N–H and O–H groups in total. The third-order valence-corrected chi connectivity index (χ3v) is 6.89. The van der Waals surface area contributed by atoms with Crippen molar-refractivity contribution in [2.45, 2.75) is 13.0 Å². The number of rotatable bonds is 6. The normalized spacial score (nSPS) is 17.1. The van der Waals surface area contributed by atoms with Gasteiger partial charge >= 0.3 is 5.91 Å². The van der Waals surface area contributed by atoms with Crippen LogP contribution in [0.25, 0.3) is 16.0 Å². The molecule has 1 fully saturated rings. The van der Waals surface area contributed by atoms with Crippen molar-refractivity contribution in [1.82, 2.24) is 4.98 Å². The van der Waals surface area contributed by atoms with Crippen molar-refractivity contribution in [2.75, 3.05) is 18.6 Å². The number of ketones is 1. The van der Waals surface area contributed by atoms with Gasteiger partial charge in [-0.05, 0) is 55.5 Å². The van der Waals surface area contributed by atoms with Crippen LogP contribution in [-0.4, -0.2) is 35.5 Å². The molecule has 0 bridgehead atoms. The van der Waals surface area contributed by atoms with Crippen LogP contribution >= 0.6 is 11.3 Å². The first kappa shape index (κ1) is 23.5. The number of carbonyl (C=O) groups is 2. The van der Waals surface area contributed by atoms with Gasteiger partial charge in [0.1, 0.15) is 29.1 Å². The summed E-state index contributed by atoms with van der Waals surface area (Å²) in [6.45, 7) is 2.36. The van der Waals surface area contributed by atoms with Crippen LogP contribution in [0.15, 0.2) is 72.3 Å². The number of hydrogen-bond acceptors (Lipinski definition) is 7. The molecule has 182 valence electrons. The quantitative estimate of drug-likeness (QED) is 0.213. The van der Waals surface area contributed by atoms with Crippen LogP contribution in [0.1, 0.15) is 24.1 Å². The maximum atomic E-state index is 15.1. The van der Waals surface area contributed by atoms with Gasteiger partial charge in [-0.1, -0.05) is 29.5 Å². The van der Waals surface area contributed by atoms with Crippen LogP contribution in [0.3, 0.4) is 0 Å². The molecule has 0 aliphatic carbocycles. The predicted molar refractivity (Wildman–Crippen MR) is 135 cm³/mol. The van der Waals surface area contributed by atoms with E-state index >= 15 is 4.39 Å². The number of thiazole rings is 1. The van der Waals surface area contributed by atoms with Gasteiger partial charge in [0.2, 0.25) is 0 Å². The minimum Gasteiger partial charge on any atom is -0.507 e. The molecule has 2 heterocycles. The molecule has 1 aliphatic heterocycles.